The van der Waals surface area contributed by atoms with Crippen molar-refractivity contribution >= 4 is 55.1 Å². The predicted octanol–water partition coefficient (Wildman–Crippen LogP) is 5.64. The number of hydrogen-bond acceptors (Lipinski definition) is 1. The van der Waals surface area contributed by atoms with E-state index in [0.29, 0.717) is 11.4 Å². The lowest BCUT2D eigenvalue weighted by molar-refractivity contribution is 0.102. The van der Waals surface area contributed by atoms with Crippen LogP contribution in [-0.4, -0.2) is 11.8 Å². The fourth-order valence-corrected chi connectivity index (χ4v) is 3.31. The molecule has 2 aromatic carbocycles. The number of hydrogen-bond donors (Lipinski definition) is 1. The average molecular weight is 432 g/mol. The topological polar surface area (TPSA) is 29.1 Å². The van der Waals surface area contributed by atoms with Crippen LogP contribution < -0.4 is 5.32 Å². The molecule has 5 heteroatoms. The third-order valence-corrected chi connectivity index (χ3v) is 4.38. The maximum atomic E-state index is 12.3. The van der Waals surface area contributed by atoms with E-state index in [1.54, 1.807) is 6.07 Å². The Morgan fingerprint density at radius 1 is 1.14 bits per heavy atom. The highest BCUT2D eigenvalue weighted by atomic mass is 79.9. The summed E-state index contributed by atoms with van der Waals surface area (Å²) < 4.78 is 1.68. The third kappa shape index (κ3) is 4.83. The molecule has 2 nitrogen and oxygen atoms in total. The van der Waals surface area contributed by atoms with Crippen LogP contribution in [0.2, 0.25) is 0 Å². The number of carbonyl (C=O) groups excluding carboxylic acids is 1. The highest BCUT2D eigenvalue weighted by molar-refractivity contribution is 9.11. The molecule has 0 saturated heterocycles. The molecule has 1 N–H and O–H groups in total. The Kier molecular flexibility index (Phi) is 6.27. The molecule has 0 aliphatic carbocycles. The van der Waals surface area contributed by atoms with Crippen molar-refractivity contribution in [3.63, 3.8) is 0 Å². The normalized spacial score (nSPS) is 10.4. The van der Waals surface area contributed by atoms with E-state index in [0.717, 1.165) is 27.5 Å². The van der Waals surface area contributed by atoms with Gasteiger partial charge in [-0.05, 0) is 64.7 Å². The van der Waals surface area contributed by atoms with Crippen LogP contribution in [0.25, 0.3) is 0 Å². The Labute approximate surface area is 146 Å². The van der Waals surface area contributed by atoms with E-state index in [4.69, 9.17) is 11.6 Å². The van der Waals surface area contributed by atoms with Gasteiger partial charge in [0.2, 0.25) is 0 Å². The van der Waals surface area contributed by atoms with Gasteiger partial charge < -0.3 is 5.32 Å². The quantitative estimate of drug-likeness (QED) is 0.611. The van der Waals surface area contributed by atoms with Crippen LogP contribution in [-0.2, 0) is 6.42 Å². The van der Waals surface area contributed by atoms with Gasteiger partial charge in [0.1, 0.15) is 0 Å². The SMILES string of the molecule is O=C(Nc1cccc(CCCCl)c1)c1ccc(Br)cc1Br. The average Bonchev–Trinajstić information content (AvgIpc) is 2.45. The second-order valence-electron chi connectivity index (χ2n) is 4.57. The molecule has 0 aliphatic heterocycles. The molecule has 110 valence electrons. The number of halogens is 3. The zero-order chi connectivity index (χ0) is 15.2. The number of aryl methyl sites for hydroxylation is 1. The molecule has 0 unspecified atom stereocenters. The number of rotatable bonds is 5. The van der Waals surface area contributed by atoms with Crippen molar-refractivity contribution in [3.8, 4) is 0 Å². The van der Waals surface area contributed by atoms with Crippen LogP contribution in [0.3, 0.4) is 0 Å². The first kappa shape index (κ1) is 16.5. The van der Waals surface area contributed by atoms with Crippen LogP contribution in [0.5, 0.6) is 0 Å². The van der Waals surface area contributed by atoms with Crippen molar-refractivity contribution in [1.82, 2.24) is 0 Å². The minimum absolute atomic E-state index is 0.135. The Morgan fingerprint density at radius 3 is 2.67 bits per heavy atom. The summed E-state index contributed by atoms with van der Waals surface area (Å²) in [4.78, 5) is 12.3. The number of amides is 1. The molecular weight excluding hydrogens is 417 g/mol. The van der Waals surface area contributed by atoms with E-state index in [1.807, 2.05) is 36.4 Å². The first-order chi connectivity index (χ1) is 10.1. The van der Waals surface area contributed by atoms with Gasteiger partial charge in [-0.25, -0.2) is 0 Å². The van der Waals surface area contributed by atoms with Crippen molar-refractivity contribution < 1.29 is 4.79 Å². The van der Waals surface area contributed by atoms with Gasteiger partial charge in [-0.15, -0.1) is 11.6 Å². The van der Waals surface area contributed by atoms with Gasteiger partial charge in [0.25, 0.3) is 5.91 Å². The number of alkyl halides is 1. The highest BCUT2D eigenvalue weighted by Gasteiger charge is 2.10. The van der Waals surface area contributed by atoms with Gasteiger partial charge in [0.05, 0.1) is 5.56 Å². The third-order valence-electron chi connectivity index (χ3n) is 2.96. The number of nitrogens with one attached hydrogen (secondary N) is 1. The lowest BCUT2D eigenvalue weighted by Gasteiger charge is -2.09. The Morgan fingerprint density at radius 2 is 1.95 bits per heavy atom. The maximum absolute atomic E-state index is 12.3. The molecule has 0 bridgehead atoms. The first-order valence-corrected chi connectivity index (χ1v) is 8.63. The Balaban J connectivity index is 2.12. The Bertz CT molecular complexity index is 646. The molecule has 2 aromatic rings. The number of anilines is 1. The van der Waals surface area contributed by atoms with Gasteiger partial charge in [-0.2, -0.15) is 0 Å². The highest BCUT2D eigenvalue weighted by Crippen LogP contribution is 2.23. The molecule has 0 heterocycles. The molecule has 0 spiro atoms. The van der Waals surface area contributed by atoms with Crippen molar-refractivity contribution in [1.29, 1.82) is 0 Å². The molecule has 1 amide bonds. The summed E-state index contributed by atoms with van der Waals surface area (Å²) in [5.74, 6) is 0.506. The van der Waals surface area contributed by atoms with Gasteiger partial charge in [0, 0.05) is 20.5 Å². The second kappa shape index (κ2) is 7.97. The minimum atomic E-state index is -0.135. The van der Waals surface area contributed by atoms with Crippen molar-refractivity contribution in [2.45, 2.75) is 12.8 Å². The number of benzene rings is 2. The van der Waals surface area contributed by atoms with E-state index < -0.39 is 0 Å². The fourth-order valence-electron chi connectivity index (χ4n) is 1.95. The van der Waals surface area contributed by atoms with Crippen LogP contribution in [0, 0.1) is 0 Å². The van der Waals surface area contributed by atoms with Gasteiger partial charge >= 0.3 is 0 Å². The predicted molar refractivity (Wildman–Crippen MR) is 95.3 cm³/mol. The monoisotopic (exact) mass is 429 g/mol. The molecule has 0 atom stereocenters. The van der Waals surface area contributed by atoms with Crippen molar-refractivity contribution in [2.75, 3.05) is 11.2 Å². The maximum Gasteiger partial charge on any atom is 0.256 e. The van der Waals surface area contributed by atoms with Crippen molar-refractivity contribution in [2.24, 2.45) is 0 Å². The minimum Gasteiger partial charge on any atom is -0.322 e. The zero-order valence-electron chi connectivity index (χ0n) is 11.2. The summed E-state index contributed by atoms with van der Waals surface area (Å²) in [7, 11) is 0. The van der Waals surface area contributed by atoms with Crippen LogP contribution in [0.1, 0.15) is 22.3 Å². The second-order valence-corrected chi connectivity index (χ2v) is 6.72. The lowest BCUT2D eigenvalue weighted by Crippen LogP contribution is -2.12. The Hall–Kier alpha value is -0.840. The van der Waals surface area contributed by atoms with Crippen LogP contribution >= 0.6 is 43.5 Å². The summed E-state index contributed by atoms with van der Waals surface area (Å²) >= 11 is 12.5. The van der Waals surface area contributed by atoms with Gasteiger partial charge in [-0.3, -0.25) is 4.79 Å². The van der Waals surface area contributed by atoms with E-state index in [-0.39, 0.29) is 5.91 Å². The molecule has 0 radical (unpaired) electrons. The fraction of sp³-hybridized carbons (Fsp3) is 0.188. The lowest BCUT2D eigenvalue weighted by atomic mass is 10.1. The van der Waals surface area contributed by atoms with E-state index >= 15 is 0 Å². The summed E-state index contributed by atoms with van der Waals surface area (Å²) in [6.45, 7) is 0. The van der Waals surface area contributed by atoms with Gasteiger partial charge in [0.15, 0.2) is 0 Å². The summed E-state index contributed by atoms with van der Waals surface area (Å²) in [5, 5.41) is 2.92. The smallest absolute Gasteiger partial charge is 0.256 e. The van der Waals surface area contributed by atoms with E-state index in [1.165, 1.54) is 5.56 Å². The standard InChI is InChI=1S/C16H14Br2ClNO/c17-12-6-7-14(15(18)10-12)16(21)20-13-5-1-3-11(9-13)4-2-8-19/h1,3,5-7,9-10H,2,4,8H2,(H,20,21). The molecule has 0 aromatic heterocycles. The van der Waals surface area contributed by atoms with E-state index in [2.05, 4.69) is 37.2 Å². The van der Waals surface area contributed by atoms with Crippen LogP contribution in [0.15, 0.2) is 51.4 Å². The summed E-state index contributed by atoms with van der Waals surface area (Å²) in [6, 6.07) is 13.3. The summed E-state index contributed by atoms with van der Waals surface area (Å²) in [6.07, 6.45) is 1.84. The van der Waals surface area contributed by atoms with Crippen LogP contribution in [0.4, 0.5) is 5.69 Å². The molecular formula is C16H14Br2ClNO. The number of carbonyl (C=O) groups is 1. The molecule has 21 heavy (non-hydrogen) atoms. The van der Waals surface area contributed by atoms with Gasteiger partial charge in [-0.1, -0.05) is 28.1 Å². The van der Waals surface area contributed by atoms with E-state index in [9.17, 15) is 4.79 Å². The molecule has 0 aliphatic rings. The molecule has 0 fully saturated rings. The molecule has 0 saturated carbocycles. The van der Waals surface area contributed by atoms with Crippen molar-refractivity contribution in [3.05, 3.63) is 62.5 Å². The largest absolute Gasteiger partial charge is 0.322 e. The zero-order valence-corrected chi connectivity index (χ0v) is 15.1. The molecule has 2 rings (SSSR count). The summed E-state index contributed by atoms with van der Waals surface area (Å²) in [5.41, 5.74) is 2.56. The first-order valence-electron chi connectivity index (χ1n) is 6.51.